The Balaban J connectivity index is 1.23. The summed E-state index contributed by atoms with van der Waals surface area (Å²) in [6.45, 7) is 3.66. The first kappa shape index (κ1) is 23.8. The standard InChI is InChI=1S/C26H24Cl2N6O3/c1-15(23-19(27)12-29-13-20(23)28)37-17-3-4-21-18(10-17)24(32-31-21)16-2-5-22(30-11-16)33-8-9-34(25(35)36)26(14-33)6-7-26/h2-5,10-13,15H,6-9,14H2,1H3,(H,31,32)(H,35,36). The van der Waals surface area contributed by atoms with Gasteiger partial charge >= 0.3 is 6.09 Å². The van der Waals surface area contributed by atoms with Gasteiger partial charge in [-0.1, -0.05) is 23.2 Å². The molecule has 4 aromatic rings. The number of nitrogens with one attached hydrogen (secondary N) is 1. The summed E-state index contributed by atoms with van der Waals surface area (Å²) in [6, 6.07) is 9.69. The summed E-state index contributed by atoms with van der Waals surface area (Å²) in [6.07, 6.45) is 5.48. The summed E-state index contributed by atoms with van der Waals surface area (Å²) < 4.78 is 6.17. The van der Waals surface area contributed by atoms with Crippen LogP contribution in [0.2, 0.25) is 10.0 Å². The van der Waals surface area contributed by atoms with Crippen LogP contribution < -0.4 is 9.64 Å². The number of benzene rings is 1. The van der Waals surface area contributed by atoms with E-state index in [0.717, 1.165) is 40.8 Å². The molecule has 1 aliphatic heterocycles. The summed E-state index contributed by atoms with van der Waals surface area (Å²) >= 11 is 12.6. The molecule has 1 saturated heterocycles. The molecule has 2 N–H and O–H groups in total. The molecule has 6 rings (SSSR count). The highest BCUT2D eigenvalue weighted by molar-refractivity contribution is 6.35. The second-order valence-electron chi connectivity index (χ2n) is 9.54. The molecule has 9 nitrogen and oxygen atoms in total. The molecular weight excluding hydrogens is 515 g/mol. The largest absolute Gasteiger partial charge is 0.486 e. The van der Waals surface area contributed by atoms with Crippen molar-refractivity contribution in [3.8, 4) is 17.0 Å². The van der Waals surface area contributed by atoms with Crippen molar-refractivity contribution in [3.63, 3.8) is 0 Å². The molecule has 0 bridgehead atoms. The average molecular weight is 539 g/mol. The number of H-pyrrole nitrogens is 1. The van der Waals surface area contributed by atoms with Crippen LogP contribution >= 0.6 is 23.2 Å². The molecule has 190 valence electrons. The Labute approximate surface area is 223 Å². The van der Waals surface area contributed by atoms with Crippen molar-refractivity contribution in [2.75, 3.05) is 24.5 Å². The fraction of sp³-hybridized carbons (Fsp3) is 0.308. The van der Waals surface area contributed by atoms with Crippen LogP contribution in [-0.4, -0.2) is 61.4 Å². The molecule has 1 aromatic carbocycles. The van der Waals surface area contributed by atoms with E-state index in [-0.39, 0.29) is 11.6 Å². The van der Waals surface area contributed by atoms with Gasteiger partial charge in [-0.3, -0.25) is 15.0 Å². The SMILES string of the molecule is CC(Oc1ccc2[nH]nc(-c3ccc(N4CCN(C(=O)O)C5(CC5)C4)nc3)c2c1)c1c(Cl)cncc1Cl. The van der Waals surface area contributed by atoms with Crippen LogP contribution in [0.15, 0.2) is 48.9 Å². The molecule has 3 aromatic heterocycles. The number of rotatable bonds is 5. The number of amides is 1. The van der Waals surface area contributed by atoms with Crippen LogP contribution in [-0.2, 0) is 0 Å². The van der Waals surface area contributed by atoms with Gasteiger partial charge in [0.25, 0.3) is 0 Å². The van der Waals surface area contributed by atoms with Gasteiger partial charge in [-0.25, -0.2) is 9.78 Å². The molecule has 11 heteroatoms. The number of fused-ring (bicyclic) bond motifs is 1. The first-order valence-electron chi connectivity index (χ1n) is 12.0. The van der Waals surface area contributed by atoms with Crippen molar-refractivity contribution < 1.29 is 14.6 Å². The highest BCUT2D eigenvalue weighted by atomic mass is 35.5. The maximum atomic E-state index is 11.6. The lowest BCUT2D eigenvalue weighted by atomic mass is 10.1. The minimum atomic E-state index is -0.837. The summed E-state index contributed by atoms with van der Waals surface area (Å²) in [5, 5.41) is 18.9. The first-order valence-corrected chi connectivity index (χ1v) is 12.8. The van der Waals surface area contributed by atoms with E-state index in [2.05, 4.69) is 20.1 Å². The summed E-state index contributed by atoms with van der Waals surface area (Å²) in [5.41, 5.74) is 2.93. The van der Waals surface area contributed by atoms with Crippen LogP contribution in [0.25, 0.3) is 22.2 Å². The zero-order valence-corrected chi connectivity index (χ0v) is 21.5. The predicted octanol–water partition coefficient (Wildman–Crippen LogP) is 5.80. The smallest absolute Gasteiger partial charge is 0.407 e. The van der Waals surface area contributed by atoms with Gasteiger partial charge in [0.05, 0.1) is 21.1 Å². The van der Waals surface area contributed by atoms with E-state index < -0.39 is 6.09 Å². The van der Waals surface area contributed by atoms with Crippen molar-refractivity contribution in [2.45, 2.75) is 31.4 Å². The normalized spacial score (nSPS) is 17.3. The molecule has 1 atom stereocenters. The Hall–Kier alpha value is -3.56. The Bertz CT molecular complexity index is 1470. The monoisotopic (exact) mass is 538 g/mol. The summed E-state index contributed by atoms with van der Waals surface area (Å²) in [7, 11) is 0. The van der Waals surface area contributed by atoms with Crippen molar-refractivity contribution in [3.05, 3.63) is 64.5 Å². The van der Waals surface area contributed by atoms with E-state index in [1.54, 1.807) is 23.5 Å². The molecular formula is C26H24Cl2N6O3. The highest BCUT2D eigenvalue weighted by Crippen LogP contribution is 2.45. The second-order valence-corrected chi connectivity index (χ2v) is 10.4. The third-order valence-electron chi connectivity index (χ3n) is 7.20. The maximum absolute atomic E-state index is 11.6. The van der Waals surface area contributed by atoms with Crippen molar-refractivity contribution >= 4 is 46.0 Å². The molecule has 37 heavy (non-hydrogen) atoms. The minimum absolute atomic E-state index is 0.263. The van der Waals surface area contributed by atoms with Gasteiger partial charge in [0, 0.05) is 54.7 Å². The summed E-state index contributed by atoms with van der Waals surface area (Å²) in [4.78, 5) is 24.0. The average Bonchev–Trinajstić information content (AvgIpc) is 3.50. The van der Waals surface area contributed by atoms with Crippen LogP contribution in [0.3, 0.4) is 0 Å². The van der Waals surface area contributed by atoms with E-state index in [9.17, 15) is 9.90 Å². The number of pyridine rings is 2. The fourth-order valence-corrected chi connectivity index (χ4v) is 5.79. The Morgan fingerprint density at radius 1 is 1.14 bits per heavy atom. The number of piperazine rings is 1. The zero-order chi connectivity index (χ0) is 25.7. The number of hydrogen-bond donors (Lipinski definition) is 2. The van der Waals surface area contributed by atoms with E-state index in [4.69, 9.17) is 32.9 Å². The molecule has 4 heterocycles. The molecule has 1 unspecified atom stereocenters. The Kier molecular flexibility index (Phi) is 5.84. The molecule has 1 aliphatic carbocycles. The van der Waals surface area contributed by atoms with Gasteiger partial charge in [-0.2, -0.15) is 5.10 Å². The molecule has 1 spiro atoms. The molecule has 1 amide bonds. The number of aromatic nitrogens is 4. The van der Waals surface area contributed by atoms with Gasteiger partial charge in [0.1, 0.15) is 23.4 Å². The number of halogens is 2. The molecule has 2 aliphatic rings. The molecule has 0 radical (unpaired) electrons. The van der Waals surface area contributed by atoms with Crippen LogP contribution in [0.1, 0.15) is 31.4 Å². The number of ether oxygens (including phenoxy) is 1. The van der Waals surface area contributed by atoms with Gasteiger partial charge in [0.15, 0.2) is 0 Å². The predicted molar refractivity (Wildman–Crippen MR) is 142 cm³/mol. The van der Waals surface area contributed by atoms with Crippen LogP contribution in [0, 0.1) is 0 Å². The number of carboxylic acid groups (broad SMARTS) is 1. The van der Waals surface area contributed by atoms with Crippen LogP contribution in [0.4, 0.5) is 10.6 Å². The quantitative estimate of drug-likeness (QED) is 0.330. The Morgan fingerprint density at radius 2 is 1.92 bits per heavy atom. The van der Waals surface area contributed by atoms with Crippen molar-refractivity contribution in [2.24, 2.45) is 0 Å². The Morgan fingerprint density at radius 3 is 2.59 bits per heavy atom. The fourth-order valence-electron chi connectivity index (χ4n) is 5.12. The van der Waals surface area contributed by atoms with Gasteiger partial charge in [0.2, 0.25) is 0 Å². The third-order valence-corrected chi connectivity index (χ3v) is 7.80. The number of aromatic amines is 1. The van der Waals surface area contributed by atoms with E-state index in [0.29, 0.717) is 41.0 Å². The van der Waals surface area contributed by atoms with Crippen molar-refractivity contribution in [1.29, 1.82) is 0 Å². The number of nitrogens with zero attached hydrogens (tertiary/aromatic N) is 5. The third kappa shape index (κ3) is 4.32. The van der Waals surface area contributed by atoms with Gasteiger partial charge in [-0.05, 0) is 50.1 Å². The number of anilines is 1. The van der Waals surface area contributed by atoms with E-state index in [1.165, 1.54) is 0 Å². The topological polar surface area (TPSA) is 107 Å². The lowest BCUT2D eigenvalue weighted by Crippen LogP contribution is -2.57. The number of carbonyl (C=O) groups is 1. The van der Waals surface area contributed by atoms with E-state index >= 15 is 0 Å². The lowest BCUT2D eigenvalue weighted by Gasteiger charge is -2.41. The zero-order valence-electron chi connectivity index (χ0n) is 20.0. The van der Waals surface area contributed by atoms with Crippen molar-refractivity contribution in [1.82, 2.24) is 25.1 Å². The first-order chi connectivity index (χ1) is 17.8. The minimum Gasteiger partial charge on any atom is -0.486 e. The highest BCUT2D eigenvalue weighted by Gasteiger charge is 2.53. The van der Waals surface area contributed by atoms with Gasteiger partial charge in [-0.15, -0.1) is 0 Å². The summed E-state index contributed by atoms with van der Waals surface area (Å²) in [5.74, 6) is 1.49. The molecule has 2 fully saturated rings. The van der Waals surface area contributed by atoms with Crippen LogP contribution in [0.5, 0.6) is 5.75 Å². The number of hydrogen-bond acceptors (Lipinski definition) is 6. The maximum Gasteiger partial charge on any atom is 0.407 e. The van der Waals surface area contributed by atoms with Gasteiger partial charge < -0.3 is 14.7 Å². The molecule has 1 saturated carbocycles. The lowest BCUT2D eigenvalue weighted by molar-refractivity contribution is 0.110. The second kappa shape index (κ2) is 9.08. The van der Waals surface area contributed by atoms with E-state index in [1.807, 2.05) is 37.3 Å².